The van der Waals surface area contributed by atoms with E-state index in [1.807, 2.05) is 32.9 Å². The zero-order valence-corrected chi connectivity index (χ0v) is 18.2. The van der Waals surface area contributed by atoms with E-state index in [0.717, 1.165) is 35.8 Å². The minimum atomic E-state index is -0.528. The first kappa shape index (κ1) is 22.7. The molecule has 0 radical (unpaired) electrons. The number of methoxy groups -OCH3 is 1. The normalized spacial score (nSPS) is 13.0. The Morgan fingerprint density at radius 3 is 2.45 bits per heavy atom. The Bertz CT molecular complexity index is 829. The van der Waals surface area contributed by atoms with E-state index in [0.29, 0.717) is 13.1 Å². The molecule has 2 atom stereocenters. The second-order valence-electron chi connectivity index (χ2n) is 7.40. The Hall–Kier alpha value is -2.56. The summed E-state index contributed by atoms with van der Waals surface area (Å²) in [5.41, 5.74) is 1.22. The molecule has 2 aromatic rings. The first-order valence-electron chi connectivity index (χ1n) is 10.5. The highest BCUT2D eigenvalue weighted by Gasteiger charge is 2.20. The molecule has 0 saturated heterocycles. The number of benzene rings is 2. The number of nitrogens with zero attached hydrogens (tertiary/aromatic N) is 1. The number of ether oxygens (including phenoxy) is 2. The van der Waals surface area contributed by atoms with Gasteiger partial charge in [0.15, 0.2) is 6.10 Å². The van der Waals surface area contributed by atoms with Crippen molar-refractivity contribution in [2.24, 2.45) is 5.92 Å². The van der Waals surface area contributed by atoms with Crippen LogP contribution in [0.1, 0.15) is 46.1 Å². The highest BCUT2D eigenvalue weighted by molar-refractivity contribution is 5.89. The fourth-order valence-electron chi connectivity index (χ4n) is 3.53. The number of amides is 1. The molecule has 0 fully saturated rings. The number of likely N-dealkylation sites (N-methyl/N-ethyl adjacent to an activating group) is 1. The van der Waals surface area contributed by atoms with Gasteiger partial charge in [-0.1, -0.05) is 37.3 Å². The third-order valence-electron chi connectivity index (χ3n) is 5.34. The Morgan fingerprint density at radius 1 is 1.07 bits per heavy atom. The third-order valence-corrected chi connectivity index (χ3v) is 5.34. The predicted molar refractivity (Wildman–Crippen MR) is 116 cm³/mol. The molecule has 2 rings (SSSR count). The van der Waals surface area contributed by atoms with Gasteiger partial charge in [0.05, 0.1) is 13.0 Å². The van der Waals surface area contributed by atoms with E-state index in [-0.39, 0.29) is 17.8 Å². The molecule has 0 heterocycles. The maximum absolute atomic E-state index is 12.5. The average molecular weight is 400 g/mol. The lowest BCUT2D eigenvalue weighted by Gasteiger charge is -2.24. The molecule has 1 amide bonds. The monoisotopic (exact) mass is 399 g/mol. The smallest absolute Gasteiger partial charge is 0.308 e. The molecule has 0 aliphatic rings. The molecule has 0 N–H and O–H groups in total. The molecule has 29 heavy (non-hydrogen) atoms. The highest BCUT2D eigenvalue weighted by atomic mass is 16.5. The summed E-state index contributed by atoms with van der Waals surface area (Å²) in [7, 11) is 1.43. The van der Waals surface area contributed by atoms with Crippen molar-refractivity contribution in [3.05, 3.63) is 42.0 Å². The lowest BCUT2D eigenvalue weighted by Crippen LogP contribution is -2.40. The van der Waals surface area contributed by atoms with E-state index in [1.54, 1.807) is 11.8 Å². The molecule has 0 aliphatic carbocycles. The molecule has 2 aromatic carbocycles. The number of fused-ring (bicyclic) bond motifs is 1. The summed E-state index contributed by atoms with van der Waals surface area (Å²) in [5, 5.41) is 2.09. The van der Waals surface area contributed by atoms with Crippen LogP contribution >= 0.6 is 0 Å². The van der Waals surface area contributed by atoms with Crippen LogP contribution < -0.4 is 4.74 Å². The van der Waals surface area contributed by atoms with E-state index in [4.69, 9.17) is 9.47 Å². The van der Waals surface area contributed by atoms with E-state index in [9.17, 15) is 9.59 Å². The fourth-order valence-corrected chi connectivity index (χ4v) is 3.53. The summed E-state index contributed by atoms with van der Waals surface area (Å²) >= 11 is 0. The summed E-state index contributed by atoms with van der Waals surface area (Å²) in [5.74, 6) is 0.494. The topological polar surface area (TPSA) is 55.8 Å². The van der Waals surface area contributed by atoms with Crippen LogP contribution in [0.5, 0.6) is 5.75 Å². The second kappa shape index (κ2) is 10.8. The molecule has 5 heteroatoms. The van der Waals surface area contributed by atoms with Crippen molar-refractivity contribution in [2.75, 3.05) is 20.2 Å². The van der Waals surface area contributed by atoms with Gasteiger partial charge >= 0.3 is 5.97 Å². The van der Waals surface area contributed by atoms with Crippen LogP contribution in [0.4, 0.5) is 0 Å². The Kier molecular flexibility index (Phi) is 8.50. The lowest BCUT2D eigenvalue weighted by atomic mass is 9.99. The van der Waals surface area contributed by atoms with Gasteiger partial charge in [0, 0.05) is 18.5 Å². The largest absolute Gasteiger partial charge is 0.480 e. The van der Waals surface area contributed by atoms with Gasteiger partial charge in [0.25, 0.3) is 5.91 Å². The Balaban J connectivity index is 2.08. The zero-order chi connectivity index (χ0) is 21.4. The second-order valence-corrected chi connectivity index (χ2v) is 7.40. The van der Waals surface area contributed by atoms with Crippen molar-refractivity contribution in [1.82, 2.24) is 4.90 Å². The van der Waals surface area contributed by atoms with Crippen LogP contribution in [0.15, 0.2) is 36.4 Å². The number of carbonyl (C=O) groups is 2. The van der Waals surface area contributed by atoms with Crippen LogP contribution in [-0.2, 0) is 20.7 Å². The van der Waals surface area contributed by atoms with Gasteiger partial charge in [-0.2, -0.15) is 0 Å². The lowest BCUT2D eigenvalue weighted by molar-refractivity contribution is -0.145. The van der Waals surface area contributed by atoms with Crippen molar-refractivity contribution in [3.8, 4) is 5.75 Å². The maximum atomic E-state index is 12.5. The SMILES string of the molecule is CCN(CC)C(=O)C(C)Oc1cccc2cc(CCCC(C)C(=O)OC)ccc12. The highest BCUT2D eigenvalue weighted by Crippen LogP contribution is 2.28. The standard InChI is InChI=1S/C24H33NO4/c1-6-25(7-2)23(26)18(4)29-22-13-9-12-20-16-19(14-15-21(20)22)11-8-10-17(3)24(27)28-5/h9,12-18H,6-8,10-11H2,1-5H3. The fraction of sp³-hybridized carbons (Fsp3) is 0.500. The van der Waals surface area contributed by atoms with E-state index in [2.05, 4.69) is 24.3 Å². The van der Waals surface area contributed by atoms with Crippen LogP contribution in [0.2, 0.25) is 0 Å². The molecule has 0 aliphatic heterocycles. The van der Waals surface area contributed by atoms with E-state index >= 15 is 0 Å². The van der Waals surface area contributed by atoms with Crippen molar-refractivity contribution in [1.29, 1.82) is 0 Å². The van der Waals surface area contributed by atoms with Crippen molar-refractivity contribution >= 4 is 22.6 Å². The molecule has 158 valence electrons. The zero-order valence-electron chi connectivity index (χ0n) is 18.2. The molecule has 0 saturated carbocycles. The predicted octanol–water partition coefficient (Wildman–Crippen LogP) is 4.61. The van der Waals surface area contributed by atoms with Crippen LogP contribution in [0, 0.1) is 5.92 Å². The summed E-state index contributed by atoms with van der Waals surface area (Å²) in [4.78, 5) is 25.8. The molecule has 0 bridgehead atoms. The Labute approximate surface area is 174 Å². The van der Waals surface area contributed by atoms with Crippen LogP contribution in [0.3, 0.4) is 0 Å². The van der Waals surface area contributed by atoms with Gasteiger partial charge in [-0.15, -0.1) is 0 Å². The number of rotatable bonds is 10. The first-order valence-corrected chi connectivity index (χ1v) is 10.5. The molecular formula is C24H33NO4. The molecule has 0 spiro atoms. The maximum Gasteiger partial charge on any atom is 0.308 e. The molecule has 0 aromatic heterocycles. The summed E-state index contributed by atoms with van der Waals surface area (Å²) < 4.78 is 10.8. The summed E-state index contributed by atoms with van der Waals surface area (Å²) in [6, 6.07) is 12.2. The van der Waals surface area contributed by atoms with Gasteiger partial charge in [-0.25, -0.2) is 0 Å². The quantitative estimate of drug-likeness (QED) is 0.548. The summed E-state index contributed by atoms with van der Waals surface area (Å²) in [6.45, 7) is 9.00. The van der Waals surface area contributed by atoms with Gasteiger partial charge in [0.2, 0.25) is 0 Å². The molecule has 2 unspecified atom stereocenters. The Morgan fingerprint density at radius 2 is 1.79 bits per heavy atom. The van der Waals surface area contributed by atoms with Gasteiger partial charge < -0.3 is 14.4 Å². The number of hydrogen-bond donors (Lipinski definition) is 0. The number of aryl methyl sites for hydroxylation is 1. The van der Waals surface area contributed by atoms with Crippen molar-refractivity contribution in [2.45, 2.75) is 53.1 Å². The number of esters is 1. The van der Waals surface area contributed by atoms with Gasteiger partial charge in [-0.05, 0) is 57.0 Å². The number of hydrogen-bond acceptors (Lipinski definition) is 4. The van der Waals surface area contributed by atoms with Crippen molar-refractivity contribution in [3.63, 3.8) is 0 Å². The van der Waals surface area contributed by atoms with Crippen molar-refractivity contribution < 1.29 is 19.1 Å². The molecule has 5 nitrogen and oxygen atoms in total. The van der Waals surface area contributed by atoms with Crippen LogP contribution in [0.25, 0.3) is 10.8 Å². The third kappa shape index (κ3) is 5.96. The first-order chi connectivity index (χ1) is 13.9. The minimum Gasteiger partial charge on any atom is -0.480 e. The van der Waals surface area contributed by atoms with E-state index in [1.165, 1.54) is 12.7 Å². The van der Waals surface area contributed by atoms with Crippen LogP contribution in [-0.4, -0.2) is 43.1 Å². The van der Waals surface area contributed by atoms with Gasteiger partial charge in [-0.3, -0.25) is 9.59 Å². The molecular weight excluding hydrogens is 366 g/mol. The minimum absolute atomic E-state index is 0.00310. The van der Waals surface area contributed by atoms with E-state index < -0.39 is 6.10 Å². The van der Waals surface area contributed by atoms with Gasteiger partial charge in [0.1, 0.15) is 5.75 Å². The average Bonchev–Trinajstić information content (AvgIpc) is 2.73. The number of carbonyl (C=O) groups excluding carboxylic acids is 2. The summed E-state index contributed by atoms with van der Waals surface area (Å²) in [6.07, 6.45) is 2.10.